The second kappa shape index (κ2) is 5.51. The van der Waals surface area contributed by atoms with E-state index in [9.17, 15) is 0 Å². The van der Waals surface area contributed by atoms with Gasteiger partial charge in [0.25, 0.3) is 0 Å². The fourth-order valence-corrected chi connectivity index (χ4v) is 1.54. The summed E-state index contributed by atoms with van der Waals surface area (Å²) in [6, 6.07) is 0. The molecule has 72 valence electrons. The highest BCUT2D eigenvalue weighted by Crippen LogP contribution is 2.02. The molecule has 0 bridgehead atoms. The molecule has 0 aromatic heterocycles. The van der Waals surface area contributed by atoms with E-state index in [2.05, 4.69) is 29.4 Å². The maximum absolute atomic E-state index is 3.15. The standard InChI is InChI=1S/C5H11N.C4H10N2/c2*1-6-4-2-3-5-6/h2-5H2,1H3;5H,2-4H2,1H3. The molecular weight excluding hydrogens is 150 g/mol. The third-order valence-electron chi connectivity index (χ3n) is 2.38. The van der Waals surface area contributed by atoms with Crippen LogP contribution in [0.4, 0.5) is 0 Å². The predicted molar refractivity (Wildman–Crippen MR) is 52.0 cm³/mol. The fourth-order valence-electron chi connectivity index (χ4n) is 1.54. The van der Waals surface area contributed by atoms with Crippen molar-refractivity contribution in [3.05, 3.63) is 0 Å². The quantitative estimate of drug-likeness (QED) is 0.574. The Bertz CT molecular complexity index is 90.3. The van der Waals surface area contributed by atoms with Crippen molar-refractivity contribution in [2.75, 3.05) is 40.3 Å². The second-order valence-electron chi connectivity index (χ2n) is 3.69. The van der Waals surface area contributed by atoms with Crippen LogP contribution in [0.15, 0.2) is 0 Å². The Balaban J connectivity index is 0.000000120. The topological polar surface area (TPSA) is 18.5 Å². The van der Waals surface area contributed by atoms with Crippen molar-refractivity contribution in [2.45, 2.75) is 19.3 Å². The number of nitrogens with zero attached hydrogens (tertiary/aromatic N) is 2. The molecule has 3 nitrogen and oxygen atoms in total. The van der Waals surface area contributed by atoms with Crippen LogP contribution in [-0.2, 0) is 0 Å². The Hall–Kier alpha value is -0.120. The van der Waals surface area contributed by atoms with Crippen LogP contribution in [0.3, 0.4) is 0 Å². The average molecular weight is 171 g/mol. The van der Waals surface area contributed by atoms with Gasteiger partial charge in [0.15, 0.2) is 0 Å². The largest absolute Gasteiger partial charge is 0.306 e. The Labute approximate surface area is 75.7 Å². The third kappa shape index (κ3) is 4.04. The zero-order valence-electron chi connectivity index (χ0n) is 8.34. The van der Waals surface area contributed by atoms with Crippen LogP contribution in [0.5, 0.6) is 0 Å². The third-order valence-corrected chi connectivity index (χ3v) is 2.38. The predicted octanol–water partition coefficient (Wildman–Crippen LogP) is 0.539. The van der Waals surface area contributed by atoms with Crippen LogP contribution in [0.2, 0.25) is 0 Å². The molecule has 0 atom stereocenters. The molecular formula is C9H21N3. The first kappa shape index (κ1) is 9.96. The lowest BCUT2D eigenvalue weighted by atomic mass is 10.4. The molecule has 3 heteroatoms. The zero-order chi connectivity index (χ0) is 8.81. The first-order valence-electron chi connectivity index (χ1n) is 4.92. The highest BCUT2D eigenvalue weighted by Gasteiger charge is 2.03. The molecule has 0 spiro atoms. The van der Waals surface area contributed by atoms with Crippen molar-refractivity contribution in [2.24, 2.45) is 0 Å². The Morgan fingerprint density at radius 2 is 1.58 bits per heavy atom. The lowest BCUT2D eigenvalue weighted by molar-refractivity contribution is 0.316. The lowest BCUT2D eigenvalue weighted by Gasteiger charge is -2.03. The van der Waals surface area contributed by atoms with E-state index in [1.165, 1.54) is 38.9 Å². The van der Waals surface area contributed by atoms with Gasteiger partial charge in [-0.25, -0.2) is 5.01 Å². The van der Waals surface area contributed by atoms with Crippen LogP contribution in [0.25, 0.3) is 0 Å². The number of hydrazine groups is 1. The summed E-state index contributed by atoms with van der Waals surface area (Å²) in [4.78, 5) is 2.36. The molecule has 1 N–H and O–H groups in total. The molecule has 0 aromatic carbocycles. The van der Waals surface area contributed by atoms with Crippen LogP contribution in [0, 0.1) is 0 Å². The molecule has 0 unspecified atom stereocenters. The van der Waals surface area contributed by atoms with Crippen LogP contribution >= 0.6 is 0 Å². The summed E-state index contributed by atoms with van der Waals surface area (Å²) in [5.74, 6) is 0. The van der Waals surface area contributed by atoms with Gasteiger partial charge in [-0.1, -0.05) is 0 Å². The van der Waals surface area contributed by atoms with E-state index < -0.39 is 0 Å². The minimum Gasteiger partial charge on any atom is -0.306 e. The molecule has 0 aliphatic carbocycles. The molecule has 0 amide bonds. The summed E-state index contributed by atoms with van der Waals surface area (Å²) < 4.78 is 0. The Morgan fingerprint density at radius 3 is 1.75 bits per heavy atom. The molecule has 12 heavy (non-hydrogen) atoms. The number of hydrogen-bond donors (Lipinski definition) is 1. The lowest BCUT2D eigenvalue weighted by Crippen LogP contribution is -2.25. The maximum atomic E-state index is 3.15. The molecule has 2 heterocycles. The van der Waals surface area contributed by atoms with Gasteiger partial charge in [0, 0.05) is 20.1 Å². The molecule has 2 aliphatic rings. The van der Waals surface area contributed by atoms with E-state index in [0.717, 1.165) is 6.54 Å². The minimum absolute atomic E-state index is 1.16. The molecule has 2 saturated heterocycles. The molecule has 0 saturated carbocycles. The summed E-state index contributed by atoms with van der Waals surface area (Å²) in [7, 11) is 4.24. The smallest absolute Gasteiger partial charge is 0.0140 e. The highest BCUT2D eigenvalue weighted by atomic mass is 15.5. The zero-order valence-corrected chi connectivity index (χ0v) is 8.34. The Kier molecular flexibility index (Phi) is 4.58. The van der Waals surface area contributed by atoms with Crippen LogP contribution < -0.4 is 5.43 Å². The van der Waals surface area contributed by atoms with E-state index in [-0.39, 0.29) is 0 Å². The van der Waals surface area contributed by atoms with Gasteiger partial charge in [-0.15, -0.1) is 0 Å². The van der Waals surface area contributed by atoms with Crippen molar-refractivity contribution in [3.63, 3.8) is 0 Å². The monoisotopic (exact) mass is 171 g/mol. The van der Waals surface area contributed by atoms with E-state index in [1.54, 1.807) is 0 Å². The highest BCUT2D eigenvalue weighted by molar-refractivity contribution is 4.59. The fraction of sp³-hybridized carbons (Fsp3) is 1.00. The molecule has 2 fully saturated rings. The minimum atomic E-state index is 1.16. The van der Waals surface area contributed by atoms with Gasteiger partial charge in [-0.05, 0) is 39.4 Å². The normalized spacial score (nSPS) is 25.5. The first-order valence-corrected chi connectivity index (χ1v) is 4.92. The van der Waals surface area contributed by atoms with Crippen LogP contribution in [0.1, 0.15) is 19.3 Å². The average Bonchev–Trinajstić information content (AvgIpc) is 2.63. The van der Waals surface area contributed by atoms with Gasteiger partial charge in [0.1, 0.15) is 0 Å². The Morgan fingerprint density at radius 1 is 0.917 bits per heavy atom. The molecule has 2 aliphatic heterocycles. The maximum Gasteiger partial charge on any atom is 0.0140 e. The summed E-state index contributed by atoms with van der Waals surface area (Å²) in [6.45, 7) is 5.01. The van der Waals surface area contributed by atoms with Crippen molar-refractivity contribution in [1.82, 2.24) is 15.3 Å². The SMILES string of the molecule is CN1CCCC1.CN1CCCN1. The van der Waals surface area contributed by atoms with Crippen molar-refractivity contribution >= 4 is 0 Å². The number of likely N-dealkylation sites (tertiary alicyclic amines) is 1. The van der Waals surface area contributed by atoms with Gasteiger partial charge in [-0.2, -0.15) is 0 Å². The summed E-state index contributed by atoms with van der Waals surface area (Å²) in [5, 5.41) is 2.11. The van der Waals surface area contributed by atoms with E-state index in [4.69, 9.17) is 0 Å². The van der Waals surface area contributed by atoms with Gasteiger partial charge in [0.05, 0.1) is 0 Å². The molecule has 0 radical (unpaired) electrons. The van der Waals surface area contributed by atoms with E-state index in [0.29, 0.717) is 0 Å². The van der Waals surface area contributed by atoms with E-state index >= 15 is 0 Å². The summed E-state index contributed by atoms with van der Waals surface area (Å²) in [5.41, 5.74) is 3.15. The van der Waals surface area contributed by atoms with Gasteiger partial charge >= 0.3 is 0 Å². The van der Waals surface area contributed by atoms with Crippen molar-refractivity contribution in [1.29, 1.82) is 0 Å². The number of nitrogens with one attached hydrogen (secondary N) is 1. The van der Waals surface area contributed by atoms with Crippen LogP contribution in [-0.4, -0.2) is 50.2 Å². The molecule has 0 aromatic rings. The first-order chi connectivity index (χ1) is 5.79. The molecule has 2 rings (SSSR count). The van der Waals surface area contributed by atoms with Gasteiger partial charge in [0.2, 0.25) is 0 Å². The van der Waals surface area contributed by atoms with Crippen molar-refractivity contribution in [3.8, 4) is 0 Å². The second-order valence-corrected chi connectivity index (χ2v) is 3.69. The summed E-state index contributed by atoms with van der Waals surface area (Å²) in [6.07, 6.45) is 4.13. The van der Waals surface area contributed by atoms with Gasteiger partial charge in [-0.3, -0.25) is 5.43 Å². The number of rotatable bonds is 0. The van der Waals surface area contributed by atoms with Gasteiger partial charge < -0.3 is 4.90 Å². The summed E-state index contributed by atoms with van der Waals surface area (Å²) >= 11 is 0. The van der Waals surface area contributed by atoms with Crippen molar-refractivity contribution < 1.29 is 0 Å². The van der Waals surface area contributed by atoms with E-state index in [1.807, 2.05) is 0 Å². The number of hydrogen-bond acceptors (Lipinski definition) is 3.